The standard InChI is InChI=1S/C12H16O3/c13-8-12(10-4-2-1-3-5-10)15-11-6-7-14-9-11/h1-5,11-13H,6-9H2/t11-,12+/m1/s1. The molecule has 1 saturated heterocycles. The summed E-state index contributed by atoms with van der Waals surface area (Å²) in [6.45, 7) is 1.42. The predicted octanol–water partition coefficient (Wildman–Crippen LogP) is 1.53. The molecule has 15 heavy (non-hydrogen) atoms. The molecule has 2 rings (SSSR count). The second-order valence-corrected chi connectivity index (χ2v) is 3.70. The molecule has 1 aliphatic heterocycles. The molecule has 0 unspecified atom stereocenters. The fourth-order valence-electron chi connectivity index (χ4n) is 1.75. The molecule has 0 bridgehead atoms. The lowest BCUT2D eigenvalue weighted by Gasteiger charge is -2.19. The number of aliphatic hydroxyl groups is 1. The van der Waals surface area contributed by atoms with Gasteiger partial charge in [0.15, 0.2) is 0 Å². The molecule has 3 heteroatoms. The molecule has 1 N–H and O–H groups in total. The van der Waals surface area contributed by atoms with Gasteiger partial charge in [-0.2, -0.15) is 0 Å². The van der Waals surface area contributed by atoms with Gasteiger partial charge in [0, 0.05) is 6.61 Å². The zero-order valence-corrected chi connectivity index (χ0v) is 8.63. The Morgan fingerprint density at radius 2 is 2.20 bits per heavy atom. The summed E-state index contributed by atoms with van der Waals surface area (Å²) in [5, 5.41) is 9.27. The largest absolute Gasteiger partial charge is 0.393 e. The van der Waals surface area contributed by atoms with Crippen LogP contribution in [0.1, 0.15) is 18.1 Å². The zero-order chi connectivity index (χ0) is 10.5. The van der Waals surface area contributed by atoms with Crippen LogP contribution < -0.4 is 0 Å². The molecular weight excluding hydrogens is 192 g/mol. The highest BCUT2D eigenvalue weighted by molar-refractivity contribution is 5.17. The Bertz CT molecular complexity index is 280. The molecule has 0 spiro atoms. The van der Waals surface area contributed by atoms with Crippen molar-refractivity contribution in [3.05, 3.63) is 35.9 Å². The van der Waals surface area contributed by atoms with E-state index in [1.807, 2.05) is 30.3 Å². The summed E-state index contributed by atoms with van der Waals surface area (Å²) in [5.74, 6) is 0. The fourth-order valence-corrected chi connectivity index (χ4v) is 1.75. The van der Waals surface area contributed by atoms with Gasteiger partial charge < -0.3 is 14.6 Å². The maximum Gasteiger partial charge on any atom is 0.106 e. The Morgan fingerprint density at radius 1 is 1.40 bits per heavy atom. The molecule has 1 heterocycles. The molecule has 1 fully saturated rings. The summed E-state index contributed by atoms with van der Waals surface area (Å²) >= 11 is 0. The van der Waals surface area contributed by atoms with Crippen LogP contribution in [-0.2, 0) is 9.47 Å². The lowest BCUT2D eigenvalue weighted by atomic mass is 10.1. The minimum atomic E-state index is -0.224. The van der Waals surface area contributed by atoms with Crippen LogP contribution in [0.4, 0.5) is 0 Å². The van der Waals surface area contributed by atoms with Crippen LogP contribution in [0.15, 0.2) is 30.3 Å². The smallest absolute Gasteiger partial charge is 0.106 e. The molecule has 0 radical (unpaired) electrons. The number of ether oxygens (including phenoxy) is 2. The van der Waals surface area contributed by atoms with E-state index in [4.69, 9.17) is 9.47 Å². The van der Waals surface area contributed by atoms with Crippen molar-refractivity contribution in [1.82, 2.24) is 0 Å². The minimum Gasteiger partial charge on any atom is -0.393 e. The number of hydrogen-bond donors (Lipinski definition) is 1. The number of aliphatic hydroxyl groups excluding tert-OH is 1. The highest BCUT2D eigenvalue weighted by Gasteiger charge is 2.21. The summed E-state index contributed by atoms with van der Waals surface area (Å²) in [4.78, 5) is 0. The summed E-state index contributed by atoms with van der Waals surface area (Å²) in [6.07, 6.45) is 0.823. The maximum absolute atomic E-state index is 9.27. The van der Waals surface area contributed by atoms with Gasteiger partial charge in [-0.05, 0) is 12.0 Å². The van der Waals surface area contributed by atoms with Crippen molar-refractivity contribution in [3.63, 3.8) is 0 Å². The van der Waals surface area contributed by atoms with Crippen molar-refractivity contribution in [2.24, 2.45) is 0 Å². The van der Waals surface area contributed by atoms with E-state index in [0.29, 0.717) is 6.61 Å². The van der Waals surface area contributed by atoms with Crippen molar-refractivity contribution in [2.75, 3.05) is 19.8 Å². The van der Waals surface area contributed by atoms with Crippen molar-refractivity contribution in [3.8, 4) is 0 Å². The molecule has 1 aromatic rings. The van der Waals surface area contributed by atoms with Crippen LogP contribution in [0.2, 0.25) is 0 Å². The molecule has 3 nitrogen and oxygen atoms in total. The van der Waals surface area contributed by atoms with E-state index >= 15 is 0 Å². The monoisotopic (exact) mass is 208 g/mol. The SMILES string of the molecule is OC[C@H](O[C@@H]1CCOC1)c1ccccc1. The van der Waals surface area contributed by atoms with Crippen molar-refractivity contribution in [1.29, 1.82) is 0 Å². The van der Waals surface area contributed by atoms with Gasteiger partial charge >= 0.3 is 0 Å². The second-order valence-electron chi connectivity index (χ2n) is 3.70. The molecule has 0 saturated carbocycles. The lowest BCUT2D eigenvalue weighted by Crippen LogP contribution is -2.19. The number of hydrogen-bond acceptors (Lipinski definition) is 3. The lowest BCUT2D eigenvalue weighted by molar-refractivity contribution is -0.0427. The van der Waals surface area contributed by atoms with Gasteiger partial charge in [-0.25, -0.2) is 0 Å². The van der Waals surface area contributed by atoms with E-state index in [0.717, 1.165) is 18.6 Å². The van der Waals surface area contributed by atoms with Gasteiger partial charge in [0.2, 0.25) is 0 Å². The van der Waals surface area contributed by atoms with Gasteiger partial charge in [0.05, 0.1) is 19.3 Å². The Labute approximate surface area is 89.6 Å². The fraction of sp³-hybridized carbons (Fsp3) is 0.500. The molecule has 1 aromatic carbocycles. The normalized spacial score (nSPS) is 22.9. The van der Waals surface area contributed by atoms with Gasteiger partial charge in [-0.15, -0.1) is 0 Å². The zero-order valence-electron chi connectivity index (χ0n) is 8.63. The Kier molecular flexibility index (Phi) is 3.72. The third-order valence-electron chi connectivity index (χ3n) is 2.58. The first-order valence-electron chi connectivity index (χ1n) is 5.29. The van der Waals surface area contributed by atoms with Crippen molar-refractivity contribution in [2.45, 2.75) is 18.6 Å². The topological polar surface area (TPSA) is 38.7 Å². The second kappa shape index (κ2) is 5.26. The quantitative estimate of drug-likeness (QED) is 0.815. The van der Waals surface area contributed by atoms with Gasteiger partial charge in [0.25, 0.3) is 0 Å². The van der Waals surface area contributed by atoms with Crippen molar-refractivity contribution >= 4 is 0 Å². The summed E-state index contributed by atoms with van der Waals surface area (Å²) in [7, 11) is 0. The van der Waals surface area contributed by atoms with Crippen LogP contribution in [0, 0.1) is 0 Å². The molecule has 0 aromatic heterocycles. The van der Waals surface area contributed by atoms with E-state index in [1.54, 1.807) is 0 Å². The van der Waals surface area contributed by atoms with Crippen LogP contribution >= 0.6 is 0 Å². The minimum absolute atomic E-state index is 0.0144. The Morgan fingerprint density at radius 3 is 2.80 bits per heavy atom. The molecule has 82 valence electrons. The highest BCUT2D eigenvalue weighted by atomic mass is 16.6. The predicted molar refractivity (Wildman–Crippen MR) is 56.6 cm³/mol. The van der Waals surface area contributed by atoms with Crippen LogP contribution in [-0.4, -0.2) is 31.0 Å². The first-order valence-corrected chi connectivity index (χ1v) is 5.29. The molecule has 2 atom stereocenters. The van der Waals surface area contributed by atoms with E-state index in [1.165, 1.54) is 0 Å². The van der Waals surface area contributed by atoms with Crippen molar-refractivity contribution < 1.29 is 14.6 Å². The average molecular weight is 208 g/mol. The Balaban J connectivity index is 1.97. The Hall–Kier alpha value is -0.900. The van der Waals surface area contributed by atoms with Crippen LogP contribution in [0.25, 0.3) is 0 Å². The average Bonchev–Trinajstić information content (AvgIpc) is 2.80. The molecule has 1 aliphatic rings. The van der Waals surface area contributed by atoms with Crippen LogP contribution in [0.3, 0.4) is 0 Å². The van der Waals surface area contributed by atoms with Crippen LogP contribution in [0.5, 0.6) is 0 Å². The maximum atomic E-state index is 9.27. The van der Waals surface area contributed by atoms with Gasteiger partial charge in [0.1, 0.15) is 6.10 Å². The summed E-state index contributed by atoms with van der Waals surface area (Å²) in [6, 6.07) is 9.79. The number of rotatable bonds is 4. The number of benzene rings is 1. The summed E-state index contributed by atoms with van der Waals surface area (Å²) < 4.78 is 11.0. The third-order valence-corrected chi connectivity index (χ3v) is 2.58. The van der Waals surface area contributed by atoms with E-state index < -0.39 is 0 Å². The van der Waals surface area contributed by atoms with E-state index in [9.17, 15) is 5.11 Å². The third kappa shape index (κ3) is 2.78. The van der Waals surface area contributed by atoms with Gasteiger partial charge in [-0.3, -0.25) is 0 Å². The molecular formula is C12H16O3. The summed E-state index contributed by atoms with van der Waals surface area (Å²) in [5.41, 5.74) is 1.02. The first-order chi connectivity index (χ1) is 7.40. The van der Waals surface area contributed by atoms with E-state index in [2.05, 4.69) is 0 Å². The van der Waals surface area contributed by atoms with E-state index in [-0.39, 0.29) is 18.8 Å². The first kappa shape index (κ1) is 10.6. The molecule has 0 amide bonds. The van der Waals surface area contributed by atoms with Gasteiger partial charge in [-0.1, -0.05) is 30.3 Å². The highest BCUT2D eigenvalue weighted by Crippen LogP contribution is 2.21. The molecule has 0 aliphatic carbocycles.